The number of hydrogen-bond acceptors (Lipinski definition) is 1. The lowest BCUT2D eigenvalue weighted by Gasteiger charge is -2.46. The van der Waals surface area contributed by atoms with Crippen LogP contribution in [0.25, 0.3) is 122 Å². The molecule has 3 nitrogen and oxygen atoms in total. The number of para-hydroxylation sites is 4. The maximum absolute atomic E-state index is 2.56. The van der Waals surface area contributed by atoms with Gasteiger partial charge in [-0.1, -0.05) is 292 Å². The highest BCUT2D eigenvalue weighted by Gasteiger charge is 2.52. The molecule has 0 saturated carbocycles. The summed E-state index contributed by atoms with van der Waals surface area (Å²) < 4.78 is 4.91. The molecule has 2 aromatic heterocycles. The van der Waals surface area contributed by atoms with E-state index in [2.05, 4.69) is 397 Å². The first-order chi connectivity index (χ1) is 49.1. The smallest absolute Gasteiger partial charge is 0.0725 e. The van der Waals surface area contributed by atoms with Gasteiger partial charge in [-0.3, -0.25) is 0 Å². The Labute approximate surface area is 593 Å². The van der Waals surface area contributed by atoms with Crippen molar-refractivity contribution in [1.29, 1.82) is 0 Å². The first-order valence-electron chi connectivity index (χ1n) is 36.0. The van der Waals surface area contributed by atoms with E-state index in [-0.39, 0.29) is 16.2 Å². The van der Waals surface area contributed by atoms with Crippen LogP contribution in [0.2, 0.25) is 0 Å². The monoisotopic (exact) mass is 1300 g/mol. The van der Waals surface area contributed by atoms with Crippen molar-refractivity contribution in [3.8, 4) is 78.1 Å². The van der Waals surface area contributed by atoms with E-state index in [1.165, 1.54) is 122 Å². The Hall–Kier alpha value is -11.5. The molecule has 2 aliphatic rings. The van der Waals surface area contributed by atoms with Crippen LogP contribution < -0.4 is 4.90 Å². The zero-order chi connectivity index (χ0) is 68.5. The minimum absolute atomic E-state index is 0.0115. The van der Waals surface area contributed by atoms with Gasteiger partial charge >= 0.3 is 0 Å². The highest BCUT2D eigenvalue weighted by molar-refractivity contribution is 6.15. The average Bonchev–Trinajstić information content (AvgIpc) is 1.51. The van der Waals surface area contributed by atoms with Gasteiger partial charge in [-0.25, -0.2) is 0 Å². The van der Waals surface area contributed by atoms with Gasteiger partial charge in [0.25, 0.3) is 0 Å². The highest BCUT2D eigenvalue weighted by atomic mass is 15.1. The average molecular weight is 1300 g/mol. The van der Waals surface area contributed by atoms with Crippen LogP contribution in [0.1, 0.15) is 89.6 Å². The van der Waals surface area contributed by atoms with E-state index < -0.39 is 5.41 Å². The third-order valence-corrected chi connectivity index (χ3v) is 23.5. The molecular weight excluding hydrogens is 1220 g/mol. The number of rotatable bonds is 12. The van der Waals surface area contributed by atoms with Crippen LogP contribution in [-0.4, -0.2) is 9.13 Å². The molecule has 2 aliphatic carbocycles. The minimum atomic E-state index is -0.552. The van der Waals surface area contributed by atoms with E-state index in [1.54, 1.807) is 0 Å². The van der Waals surface area contributed by atoms with Crippen LogP contribution in [0.4, 0.5) is 17.1 Å². The first kappa shape index (κ1) is 61.8. The Morgan fingerprint density at radius 3 is 1.36 bits per heavy atom. The number of aromatic nitrogens is 2. The summed E-state index contributed by atoms with van der Waals surface area (Å²) >= 11 is 0. The van der Waals surface area contributed by atoms with Gasteiger partial charge in [0.2, 0.25) is 0 Å². The molecule has 0 aliphatic heterocycles. The third kappa shape index (κ3) is 9.83. The maximum Gasteiger partial charge on any atom is 0.0725 e. The Morgan fingerprint density at radius 2 is 0.743 bits per heavy atom. The van der Waals surface area contributed by atoms with E-state index in [0.29, 0.717) is 5.92 Å². The van der Waals surface area contributed by atoms with E-state index in [9.17, 15) is 0 Å². The summed E-state index contributed by atoms with van der Waals surface area (Å²) in [4.78, 5) is 2.40. The van der Waals surface area contributed by atoms with Crippen molar-refractivity contribution in [2.75, 3.05) is 4.90 Å². The molecule has 488 valence electrons. The van der Waals surface area contributed by atoms with Crippen molar-refractivity contribution < 1.29 is 0 Å². The van der Waals surface area contributed by atoms with E-state index >= 15 is 0 Å². The molecule has 16 aromatic rings. The fourth-order valence-electron chi connectivity index (χ4n) is 17.3. The Balaban J connectivity index is 0.754. The first-order valence-corrected chi connectivity index (χ1v) is 36.0. The molecule has 0 bridgehead atoms. The summed E-state index contributed by atoms with van der Waals surface area (Å²) in [5, 5.41) is 4.88. The standard InChI is InChI=1S/C98H81N3/c1-64(95(2,3)4)63-97(8,96(5,6)7)72-48-39-67(40-49-72)70-45-55-81-79-31-18-21-36-87(79)98(89(81)60-70)88-37-22-19-32-80(88)82-56-46-71(61-90(82)98)78-34-24-35-85-86-59-69(47-58-92(86)101(94(78)85)74-29-16-11-17-30-74)68-43-52-76(53-44-68)99(75-50-41-66(42-51-75)65-25-12-9-13-26-65)77-54-57-84-83-33-20-23-38-91(83)100(93(84)62-77)73-27-14-10-15-28-73/h9-62,64H,63H2,1-8H3. The summed E-state index contributed by atoms with van der Waals surface area (Å²) in [5.74, 6) is 0.552. The SMILES string of the molecule is CC(CC(C)(c1ccc(-c2ccc3c(c2)C2(c4ccccc4-3)c3ccccc3-c3ccc(-c4cccc5c6cc(-c7ccc(N(c8ccc(-c9ccccc9)cc8)c8ccc9c%10ccccc%10n(-c%10ccccc%10)c9c8)cc7)ccc6n(-c6ccccc6)c45)cc32)cc1)C(C)(C)C)C(C)(C)C. The van der Waals surface area contributed by atoms with Crippen LogP contribution in [0.15, 0.2) is 328 Å². The van der Waals surface area contributed by atoms with Crippen molar-refractivity contribution in [3.63, 3.8) is 0 Å². The lowest BCUT2D eigenvalue weighted by atomic mass is 9.58. The van der Waals surface area contributed by atoms with Crippen LogP contribution in [0.5, 0.6) is 0 Å². The third-order valence-electron chi connectivity index (χ3n) is 23.5. The molecule has 18 rings (SSSR count). The van der Waals surface area contributed by atoms with Crippen LogP contribution in [0, 0.1) is 16.7 Å². The molecule has 3 atom stereocenters. The van der Waals surface area contributed by atoms with E-state index in [1.807, 2.05) is 0 Å². The van der Waals surface area contributed by atoms with Crippen LogP contribution in [0.3, 0.4) is 0 Å². The fraction of sp³-hybridized carbons (Fsp3) is 0.143. The van der Waals surface area contributed by atoms with Gasteiger partial charge in [0.1, 0.15) is 0 Å². The molecule has 0 radical (unpaired) electrons. The Kier molecular flexibility index (Phi) is 14.4. The van der Waals surface area contributed by atoms with E-state index in [0.717, 1.165) is 51.5 Å². The number of benzene rings is 14. The van der Waals surface area contributed by atoms with Gasteiger partial charge in [0, 0.05) is 55.5 Å². The molecular formula is C98H81N3. The second-order valence-electron chi connectivity index (χ2n) is 30.8. The van der Waals surface area contributed by atoms with Gasteiger partial charge in [0.15, 0.2) is 0 Å². The number of nitrogens with zero attached hydrogens (tertiary/aromatic N) is 3. The lowest BCUT2D eigenvalue weighted by molar-refractivity contribution is 0.120. The topological polar surface area (TPSA) is 13.1 Å². The fourth-order valence-corrected chi connectivity index (χ4v) is 17.3. The van der Waals surface area contributed by atoms with Gasteiger partial charge in [-0.2, -0.15) is 0 Å². The van der Waals surface area contributed by atoms with Crippen molar-refractivity contribution in [3.05, 3.63) is 355 Å². The van der Waals surface area contributed by atoms with Crippen LogP contribution in [-0.2, 0) is 10.8 Å². The van der Waals surface area contributed by atoms with Crippen molar-refractivity contribution in [2.24, 2.45) is 16.7 Å². The molecule has 2 heterocycles. The number of hydrogen-bond donors (Lipinski definition) is 0. The molecule has 0 N–H and O–H groups in total. The molecule has 1 spiro atoms. The summed E-state index contributed by atoms with van der Waals surface area (Å²) in [7, 11) is 0. The minimum Gasteiger partial charge on any atom is -0.310 e. The van der Waals surface area contributed by atoms with Gasteiger partial charge in [-0.15, -0.1) is 0 Å². The van der Waals surface area contributed by atoms with Gasteiger partial charge < -0.3 is 14.0 Å². The molecule has 0 amide bonds. The summed E-state index contributed by atoms with van der Waals surface area (Å²) in [5.41, 5.74) is 31.4. The second-order valence-corrected chi connectivity index (χ2v) is 30.8. The highest BCUT2D eigenvalue weighted by Crippen LogP contribution is 2.64. The molecule has 0 fully saturated rings. The lowest BCUT2D eigenvalue weighted by Crippen LogP contribution is -2.40. The molecule has 0 saturated heterocycles. The Bertz CT molecular complexity index is 5870. The Morgan fingerprint density at radius 1 is 0.307 bits per heavy atom. The number of fused-ring (bicyclic) bond motifs is 16. The normalized spacial score (nSPS) is 14.9. The zero-order valence-electron chi connectivity index (χ0n) is 58.8. The number of anilines is 3. The summed E-state index contributed by atoms with van der Waals surface area (Å²) in [6.07, 6.45) is 1.12. The van der Waals surface area contributed by atoms with Crippen molar-refractivity contribution in [1.82, 2.24) is 9.13 Å². The second kappa shape index (κ2) is 23.6. The van der Waals surface area contributed by atoms with Crippen LogP contribution >= 0.6 is 0 Å². The quantitative estimate of drug-likeness (QED) is 0.119. The van der Waals surface area contributed by atoms with E-state index in [4.69, 9.17) is 0 Å². The predicted molar refractivity (Wildman–Crippen MR) is 428 cm³/mol. The molecule has 14 aromatic carbocycles. The summed E-state index contributed by atoms with van der Waals surface area (Å²) in [6, 6.07) is 123. The summed E-state index contributed by atoms with van der Waals surface area (Å²) in [6.45, 7) is 19.4. The zero-order valence-corrected chi connectivity index (χ0v) is 58.8. The van der Waals surface area contributed by atoms with Crippen molar-refractivity contribution >= 4 is 60.7 Å². The largest absolute Gasteiger partial charge is 0.310 e. The predicted octanol–water partition coefficient (Wildman–Crippen LogP) is 26.7. The van der Waals surface area contributed by atoms with Gasteiger partial charge in [-0.05, 0) is 209 Å². The van der Waals surface area contributed by atoms with Gasteiger partial charge in [0.05, 0.1) is 27.5 Å². The molecule has 101 heavy (non-hydrogen) atoms. The molecule has 3 heteroatoms. The maximum atomic E-state index is 2.56. The van der Waals surface area contributed by atoms with Crippen molar-refractivity contribution in [2.45, 2.75) is 72.6 Å². The molecule has 3 unspecified atom stereocenters.